The molecular formula is C20H29N3O2. The van der Waals surface area contributed by atoms with E-state index in [2.05, 4.69) is 15.5 Å². The first kappa shape index (κ1) is 16.7. The van der Waals surface area contributed by atoms with Gasteiger partial charge in [-0.05, 0) is 57.6 Å². The van der Waals surface area contributed by atoms with E-state index >= 15 is 0 Å². The molecule has 1 aliphatic carbocycles. The summed E-state index contributed by atoms with van der Waals surface area (Å²) in [4.78, 5) is 14.9. The Bertz CT molecular complexity index is 602. The molecule has 1 aromatic rings. The summed E-state index contributed by atoms with van der Waals surface area (Å²) in [5.41, 5.74) is 1.05. The topological polar surface area (TPSA) is 53.6 Å². The molecule has 136 valence electrons. The van der Waals surface area contributed by atoms with Gasteiger partial charge in [0.2, 0.25) is 0 Å². The number of nitrogens with one attached hydrogen (secondary N) is 2. The molecule has 1 saturated carbocycles. The summed E-state index contributed by atoms with van der Waals surface area (Å²) in [6.45, 7) is 2.87. The average Bonchev–Trinajstić information content (AvgIpc) is 3.05. The van der Waals surface area contributed by atoms with E-state index in [1.165, 1.54) is 25.8 Å². The number of benzene rings is 1. The van der Waals surface area contributed by atoms with Gasteiger partial charge in [0.1, 0.15) is 5.75 Å². The van der Waals surface area contributed by atoms with E-state index in [4.69, 9.17) is 4.74 Å². The van der Waals surface area contributed by atoms with Gasteiger partial charge in [-0.1, -0.05) is 18.2 Å². The third-order valence-electron chi connectivity index (χ3n) is 5.91. The number of hydrogen-bond donors (Lipinski definition) is 2. The van der Waals surface area contributed by atoms with Crippen molar-refractivity contribution >= 4 is 6.03 Å². The second-order valence-corrected chi connectivity index (χ2v) is 7.66. The van der Waals surface area contributed by atoms with Gasteiger partial charge in [-0.3, -0.25) is 0 Å². The fourth-order valence-electron chi connectivity index (χ4n) is 4.20. The Morgan fingerprint density at radius 1 is 1.12 bits per heavy atom. The van der Waals surface area contributed by atoms with Crippen LogP contribution in [-0.4, -0.2) is 42.2 Å². The van der Waals surface area contributed by atoms with Gasteiger partial charge >= 0.3 is 6.03 Å². The molecule has 5 nitrogen and oxygen atoms in total. The van der Waals surface area contributed by atoms with Crippen LogP contribution >= 0.6 is 0 Å². The van der Waals surface area contributed by atoms with Gasteiger partial charge in [-0.2, -0.15) is 0 Å². The molecule has 0 radical (unpaired) electrons. The van der Waals surface area contributed by atoms with E-state index in [9.17, 15) is 4.79 Å². The minimum atomic E-state index is -0.0603. The van der Waals surface area contributed by atoms with Crippen molar-refractivity contribution < 1.29 is 9.53 Å². The second kappa shape index (κ2) is 7.65. The fourth-order valence-corrected chi connectivity index (χ4v) is 4.20. The van der Waals surface area contributed by atoms with E-state index in [1.54, 1.807) is 0 Å². The van der Waals surface area contributed by atoms with Gasteiger partial charge in [0.05, 0.1) is 6.10 Å². The molecule has 3 fully saturated rings. The number of ether oxygens (including phenoxy) is 1. The highest BCUT2D eigenvalue weighted by atomic mass is 16.5. The number of urea groups is 1. The van der Waals surface area contributed by atoms with Crippen LogP contribution in [0.3, 0.4) is 0 Å². The van der Waals surface area contributed by atoms with Crippen LogP contribution in [0.15, 0.2) is 24.3 Å². The Labute approximate surface area is 150 Å². The number of carbonyl (C=O) groups excluding carboxylic acids is 1. The fraction of sp³-hybridized carbons (Fsp3) is 0.650. The summed E-state index contributed by atoms with van der Waals surface area (Å²) >= 11 is 0. The van der Waals surface area contributed by atoms with Crippen molar-refractivity contribution in [3.63, 3.8) is 0 Å². The zero-order valence-corrected chi connectivity index (χ0v) is 14.9. The highest BCUT2D eigenvalue weighted by molar-refractivity contribution is 5.74. The molecule has 3 aliphatic rings. The Morgan fingerprint density at radius 3 is 2.84 bits per heavy atom. The van der Waals surface area contributed by atoms with Crippen LogP contribution in [0.2, 0.25) is 0 Å². The van der Waals surface area contributed by atoms with E-state index < -0.39 is 0 Å². The lowest BCUT2D eigenvalue weighted by molar-refractivity contribution is 0.119. The summed E-state index contributed by atoms with van der Waals surface area (Å²) < 4.78 is 6.03. The Morgan fingerprint density at radius 2 is 2.00 bits per heavy atom. The highest BCUT2D eigenvalue weighted by Crippen LogP contribution is 2.28. The number of amides is 2. The molecule has 2 heterocycles. The number of hydrogen-bond acceptors (Lipinski definition) is 3. The second-order valence-electron chi connectivity index (χ2n) is 7.66. The zero-order chi connectivity index (χ0) is 17.1. The number of fused-ring (bicyclic) bond motifs is 1. The van der Waals surface area contributed by atoms with Gasteiger partial charge in [0, 0.05) is 30.7 Å². The maximum atomic E-state index is 12.3. The number of para-hydroxylation sites is 1. The SMILES string of the molecule is O=C(NCc1ccccc1OC1CCC1)N[C@H]1CCN2CCC[C@@H]2C1. The van der Waals surface area contributed by atoms with Crippen molar-refractivity contribution in [3.8, 4) is 5.75 Å². The largest absolute Gasteiger partial charge is 0.490 e. The lowest BCUT2D eigenvalue weighted by atomic mass is 9.96. The van der Waals surface area contributed by atoms with Crippen molar-refractivity contribution in [2.24, 2.45) is 0 Å². The Kier molecular flexibility index (Phi) is 5.11. The van der Waals surface area contributed by atoms with E-state index in [1.807, 2.05) is 24.3 Å². The monoisotopic (exact) mass is 343 g/mol. The lowest BCUT2D eigenvalue weighted by Crippen LogP contribution is -2.49. The molecule has 4 rings (SSSR count). The molecule has 2 aliphatic heterocycles. The number of piperidine rings is 1. The van der Waals surface area contributed by atoms with Crippen molar-refractivity contribution in [1.29, 1.82) is 0 Å². The molecule has 0 unspecified atom stereocenters. The third-order valence-corrected chi connectivity index (χ3v) is 5.91. The van der Waals surface area contributed by atoms with Gasteiger partial charge < -0.3 is 20.3 Å². The summed E-state index contributed by atoms with van der Waals surface area (Å²) in [6.07, 6.45) is 8.64. The molecule has 0 aromatic heterocycles. The third kappa shape index (κ3) is 4.09. The molecule has 25 heavy (non-hydrogen) atoms. The van der Waals surface area contributed by atoms with Crippen molar-refractivity contribution in [2.45, 2.75) is 69.7 Å². The maximum absolute atomic E-state index is 12.3. The summed E-state index contributed by atoms with van der Waals surface area (Å²) in [5, 5.41) is 6.18. The summed E-state index contributed by atoms with van der Waals surface area (Å²) in [7, 11) is 0. The lowest BCUT2D eigenvalue weighted by Gasteiger charge is -2.35. The van der Waals surface area contributed by atoms with Crippen LogP contribution in [0.1, 0.15) is 50.5 Å². The van der Waals surface area contributed by atoms with Gasteiger partial charge in [0.25, 0.3) is 0 Å². The molecular weight excluding hydrogens is 314 g/mol. The van der Waals surface area contributed by atoms with Crippen molar-refractivity contribution in [1.82, 2.24) is 15.5 Å². The van der Waals surface area contributed by atoms with Crippen LogP contribution in [0.5, 0.6) is 5.75 Å². The molecule has 2 N–H and O–H groups in total. The summed E-state index contributed by atoms with van der Waals surface area (Å²) in [6, 6.07) is 8.95. The first-order chi connectivity index (χ1) is 12.3. The predicted molar refractivity (Wildman–Crippen MR) is 97.7 cm³/mol. The van der Waals surface area contributed by atoms with E-state index in [-0.39, 0.29) is 6.03 Å². The first-order valence-corrected chi connectivity index (χ1v) is 9.81. The predicted octanol–water partition coefficient (Wildman–Crippen LogP) is 3.04. The van der Waals surface area contributed by atoms with E-state index in [0.29, 0.717) is 24.7 Å². The van der Waals surface area contributed by atoms with Crippen molar-refractivity contribution in [2.75, 3.05) is 13.1 Å². The quantitative estimate of drug-likeness (QED) is 0.864. The molecule has 1 aromatic carbocycles. The zero-order valence-electron chi connectivity index (χ0n) is 14.9. The Hall–Kier alpha value is -1.75. The number of rotatable bonds is 5. The first-order valence-electron chi connectivity index (χ1n) is 9.81. The van der Waals surface area contributed by atoms with Crippen molar-refractivity contribution in [3.05, 3.63) is 29.8 Å². The highest BCUT2D eigenvalue weighted by Gasteiger charge is 2.32. The van der Waals surface area contributed by atoms with E-state index in [0.717, 1.165) is 43.5 Å². The molecule has 2 saturated heterocycles. The standard InChI is InChI=1S/C20H29N3O2/c24-20(22-16-10-12-23-11-4-6-17(23)13-16)21-14-15-5-1-2-9-19(15)25-18-7-3-8-18/h1-2,5,9,16-18H,3-4,6-8,10-14H2,(H2,21,22,24)/t16-,17+/m0/s1. The Balaban J connectivity index is 1.26. The van der Waals surface area contributed by atoms with Crippen LogP contribution in [0.4, 0.5) is 4.79 Å². The van der Waals surface area contributed by atoms with Gasteiger partial charge in [-0.15, -0.1) is 0 Å². The number of carbonyl (C=O) groups is 1. The smallest absolute Gasteiger partial charge is 0.315 e. The minimum Gasteiger partial charge on any atom is -0.490 e. The molecule has 2 atom stereocenters. The van der Waals surface area contributed by atoms with Crippen LogP contribution in [-0.2, 0) is 6.54 Å². The minimum absolute atomic E-state index is 0.0603. The van der Waals surface area contributed by atoms with Crippen LogP contribution in [0, 0.1) is 0 Å². The maximum Gasteiger partial charge on any atom is 0.315 e. The molecule has 0 spiro atoms. The molecule has 0 bridgehead atoms. The van der Waals surface area contributed by atoms with Crippen LogP contribution in [0.25, 0.3) is 0 Å². The number of nitrogens with zero attached hydrogens (tertiary/aromatic N) is 1. The summed E-state index contributed by atoms with van der Waals surface area (Å²) in [5.74, 6) is 0.909. The van der Waals surface area contributed by atoms with Gasteiger partial charge in [-0.25, -0.2) is 4.79 Å². The average molecular weight is 343 g/mol. The molecule has 2 amide bonds. The molecule has 5 heteroatoms. The van der Waals surface area contributed by atoms with Gasteiger partial charge in [0.15, 0.2) is 0 Å². The van der Waals surface area contributed by atoms with Crippen LogP contribution < -0.4 is 15.4 Å². The normalized spacial score (nSPS) is 26.6.